The van der Waals surface area contributed by atoms with E-state index < -0.39 is 8.32 Å². The van der Waals surface area contributed by atoms with Crippen LogP contribution in [0, 0.1) is 0 Å². The maximum atomic E-state index is 5.08. The molecular weight excluding hydrogens is 116 g/mol. The molecule has 0 spiro atoms. The van der Waals surface area contributed by atoms with Crippen LogP contribution < -0.4 is 0 Å². The summed E-state index contributed by atoms with van der Waals surface area (Å²) in [5.41, 5.74) is 0. The summed E-state index contributed by atoms with van der Waals surface area (Å²) in [6.07, 6.45) is 0. The molecule has 0 aliphatic heterocycles. The molecule has 0 aliphatic carbocycles. The van der Waals surface area contributed by atoms with Crippen molar-refractivity contribution in [2.75, 3.05) is 7.11 Å². The fraction of sp³-hybridized carbons (Fsp3) is 1.00. The van der Waals surface area contributed by atoms with E-state index in [0.717, 1.165) is 0 Å². The second-order valence-electron chi connectivity index (χ2n) is 2.32. The molecule has 0 aromatic rings. The minimum absolute atomic E-state index is 1.13. The van der Waals surface area contributed by atoms with Gasteiger partial charge in [0.05, 0.1) is 0 Å². The van der Waals surface area contributed by atoms with Gasteiger partial charge in [-0.3, -0.25) is 0 Å². The molecule has 0 aromatic carbocycles. The lowest BCUT2D eigenvalue weighted by Gasteiger charge is -2.10. The topological polar surface area (TPSA) is 9.23 Å². The first kappa shape index (κ1) is 11.0. The predicted octanol–water partition coefficient (Wildman–Crippen LogP) is 2.49. The molecule has 0 heterocycles. The van der Waals surface area contributed by atoms with Crippen LogP contribution in [0.1, 0.15) is 13.8 Å². The van der Waals surface area contributed by atoms with Crippen LogP contribution in [0.4, 0.5) is 0 Å². The first-order chi connectivity index (χ1) is 3.56. The summed E-state index contributed by atoms with van der Waals surface area (Å²) in [4.78, 5) is 0. The van der Waals surface area contributed by atoms with Crippen LogP contribution in [-0.2, 0) is 4.43 Å². The molecule has 0 amide bonds. The molecule has 0 aliphatic rings. The van der Waals surface area contributed by atoms with Crippen LogP contribution in [0.3, 0.4) is 0 Å². The van der Waals surface area contributed by atoms with Gasteiger partial charge >= 0.3 is 0 Å². The van der Waals surface area contributed by atoms with Crippen molar-refractivity contribution in [2.24, 2.45) is 0 Å². The van der Waals surface area contributed by atoms with E-state index in [-0.39, 0.29) is 0 Å². The Morgan fingerprint density at radius 1 is 1.00 bits per heavy atom. The molecular formula is C6H18OSi. The maximum absolute atomic E-state index is 5.08. The van der Waals surface area contributed by atoms with Gasteiger partial charge in [-0.1, -0.05) is 13.8 Å². The molecule has 0 radical (unpaired) electrons. The number of hydrogen-bond acceptors (Lipinski definition) is 1. The fourth-order valence-corrected chi connectivity index (χ4v) is 0. The van der Waals surface area contributed by atoms with E-state index in [1.807, 2.05) is 13.8 Å². The molecule has 0 fully saturated rings. The van der Waals surface area contributed by atoms with Crippen molar-refractivity contribution in [3.8, 4) is 0 Å². The first-order valence-corrected chi connectivity index (χ1v) is 6.52. The molecule has 0 unspecified atom stereocenters. The SMILES string of the molecule is CC.CO[Si](C)(C)C. The molecule has 0 atom stereocenters. The summed E-state index contributed by atoms with van der Waals surface area (Å²) < 4.78 is 5.08. The third-order valence-corrected chi connectivity index (χ3v) is 1.84. The van der Waals surface area contributed by atoms with Gasteiger partial charge in [0.2, 0.25) is 0 Å². The standard InChI is InChI=1S/C4H12OSi.C2H6/c1-5-6(2,3)4;1-2/h1-4H3;1-2H3. The molecule has 0 aromatic heterocycles. The molecule has 0 saturated heterocycles. The van der Waals surface area contributed by atoms with Gasteiger partial charge in [0.15, 0.2) is 8.32 Å². The summed E-state index contributed by atoms with van der Waals surface area (Å²) >= 11 is 0. The highest BCUT2D eigenvalue weighted by molar-refractivity contribution is 6.69. The molecule has 2 heteroatoms. The summed E-state index contributed by atoms with van der Waals surface area (Å²) in [5, 5.41) is 0. The Morgan fingerprint density at radius 2 is 1.12 bits per heavy atom. The van der Waals surface area contributed by atoms with Crippen molar-refractivity contribution in [3.63, 3.8) is 0 Å². The molecule has 52 valence electrons. The van der Waals surface area contributed by atoms with Crippen LogP contribution in [0.15, 0.2) is 0 Å². The van der Waals surface area contributed by atoms with Crippen LogP contribution in [0.25, 0.3) is 0 Å². The van der Waals surface area contributed by atoms with Crippen LogP contribution in [0.5, 0.6) is 0 Å². The lowest BCUT2D eigenvalue weighted by molar-refractivity contribution is 0.411. The predicted molar refractivity (Wildman–Crippen MR) is 41.7 cm³/mol. The van der Waals surface area contributed by atoms with E-state index in [1.54, 1.807) is 7.11 Å². The second kappa shape index (κ2) is 5.32. The zero-order chi connectivity index (χ0) is 7.21. The minimum atomic E-state index is -1.13. The number of rotatable bonds is 1. The summed E-state index contributed by atoms with van der Waals surface area (Å²) in [6.45, 7) is 10.5. The Bertz CT molecular complexity index is 38.3. The normalized spacial score (nSPS) is 9.75. The van der Waals surface area contributed by atoms with Crippen LogP contribution >= 0.6 is 0 Å². The highest BCUT2D eigenvalue weighted by Gasteiger charge is 2.09. The Morgan fingerprint density at radius 3 is 1.12 bits per heavy atom. The minimum Gasteiger partial charge on any atom is -0.421 e. The first-order valence-electron chi connectivity index (χ1n) is 3.11. The molecule has 0 saturated carbocycles. The van der Waals surface area contributed by atoms with E-state index >= 15 is 0 Å². The van der Waals surface area contributed by atoms with Crippen molar-refractivity contribution >= 4 is 8.32 Å². The van der Waals surface area contributed by atoms with Crippen LogP contribution in [0.2, 0.25) is 19.6 Å². The van der Waals surface area contributed by atoms with E-state index in [1.165, 1.54) is 0 Å². The Hall–Kier alpha value is 0.177. The average Bonchev–Trinajstić information content (AvgIpc) is 1.71. The zero-order valence-electron chi connectivity index (χ0n) is 6.91. The molecule has 8 heavy (non-hydrogen) atoms. The monoisotopic (exact) mass is 134 g/mol. The highest BCUT2D eigenvalue weighted by atomic mass is 28.4. The van der Waals surface area contributed by atoms with Crippen molar-refractivity contribution in [2.45, 2.75) is 33.5 Å². The molecule has 0 rings (SSSR count). The quantitative estimate of drug-likeness (QED) is 0.501. The van der Waals surface area contributed by atoms with Crippen molar-refractivity contribution in [1.82, 2.24) is 0 Å². The Labute approximate surface area is 54.2 Å². The molecule has 1 nitrogen and oxygen atoms in total. The van der Waals surface area contributed by atoms with E-state index in [4.69, 9.17) is 4.43 Å². The van der Waals surface area contributed by atoms with Gasteiger partial charge in [0, 0.05) is 7.11 Å². The fourth-order valence-electron chi connectivity index (χ4n) is 0. The van der Waals surface area contributed by atoms with Gasteiger partial charge in [-0.2, -0.15) is 0 Å². The Kier molecular flexibility index (Phi) is 7.34. The summed E-state index contributed by atoms with van der Waals surface area (Å²) in [5.74, 6) is 0. The molecule has 0 bridgehead atoms. The van der Waals surface area contributed by atoms with Gasteiger partial charge in [0.1, 0.15) is 0 Å². The maximum Gasteiger partial charge on any atom is 0.183 e. The largest absolute Gasteiger partial charge is 0.421 e. The lowest BCUT2D eigenvalue weighted by atomic mass is 11.0. The van der Waals surface area contributed by atoms with E-state index in [9.17, 15) is 0 Å². The van der Waals surface area contributed by atoms with Crippen LogP contribution in [-0.4, -0.2) is 15.4 Å². The van der Waals surface area contributed by atoms with Crippen molar-refractivity contribution in [1.29, 1.82) is 0 Å². The van der Waals surface area contributed by atoms with Gasteiger partial charge in [0.25, 0.3) is 0 Å². The van der Waals surface area contributed by atoms with Crippen molar-refractivity contribution in [3.05, 3.63) is 0 Å². The van der Waals surface area contributed by atoms with E-state index in [2.05, 4.69) is 19.6 Å². The van der Waals surface area contributed by atoms with Gasteiger partial charge < -0.3 is 4.43 Å². The van der Waals surface area contributed by atoms with Crippen molar-refractivity contribution < 1.29 is 4.43 Å². The lowest BCUT2D eigenvalue weighted by Crippen LogP contribution is -2.22. The van der Waals surface area contributed by atoms with Gasteiger partial charge in [-0.15, -0.1) is 0 Å². The Balaban J connectivity index is 0. The third kappa shape index (κ3) is 16.4. The van der Waals surface area contributed by atoms with Gasteiger partial charge in [-0.25, -0.2) is 0 Å². The molecule has 0 N–H and O–H groups in total. The smallest absolute Gasteiger partial charge is 0.183 e. The summed E-state index contributed by atoms with van der Waals surface area (Å²) in [7, 11) is 0.639. The third-order valence-electron chi connectivity index (χ3n) is 0.612. The van der Waals surface area contributed by atoms with Gasteiger partial charge in [-0.05, 0) is 19.6 Å². The number of hydrogen-bond donors (Lipinski definition) is 0. The average molecular weight is 134 g/mol. The highest BCUT2D eigenvalue weighted by Crippen LogP contribution is 1.97. The second-order valence-corrected chi connectivity index (χ2v) is 6.95. The zero-order valence-corrected chi connectivity index (χ0v) is 7.91. The van der Waals surface area contributed by atoms with E-state index in [0.29, 0.717) is 0 Å². The summed E-state index contributed by atoms with van der Waals surface area (Å²) in [6, 6.07) is 0.